The maximum Gasteiger partial charge on any atom is 0.214 e. The highest BCUT2D eigenvalue weighted by atomic mass is 16.4. The molecule has 0 spiro atoms. The highest BCUT2D eigenvalue weighted by Gasteiger charge is 2.16. The zero-order chi connectivity index (χ0) is 19.9. The van der Waals surface area contributed by atoms with Crippen molar-refractivity contribution in [2.24, 2.45) is 10.9 Å². The Hall–Kier alpha value is -2.34. The van der Waals surface area contributed by atoms with Crippen LogP contribution in [0.25, 0.3) is 0 Å². The number of nitrogens with one attached hydrogen (secondary N) is 2. The van der Waals surface area contributed by atoms with E-state index in [-0.39, 0.29) is 0 Å². The molecule has 1 aromatic carbocycles. The number of hydrogen-bond donors (Lipinski definition) is 2. The highest BCUT2D eigenvalue weighted by Crippen LogP contribution is 2.19. The second-order valence-electron chi connectivity index (χ2n) is 7.76. The summed E-state index contributed by atoms with van der Waals surface area (Å²) in [5.41, 5.74) is 3.63. The van der Waals surface area contributed by atoms with Crippen molar-refractivity contribution in [1.29, 1.82) is 0 Å². The third-order valence-corrected chi connectivity index (χ3v) is 5.54. The Labute approximate surface area is 168 Å². The average Bonchev–Trinajstić information content (AvgIpc) is 3.02. The normalized spacial score (nSPS) is 16.4. The number of aryl methyl sites for hydroxylation is 2. The van der Waals surface area contributed by atoms with Crippen LogP contribution in [0.5, 0.6) is 0 Å². The molecule has 0 amide bonds. The van der Waals surface area contributed by atoms with Gasteiger partial charge in [-0.15, -0.1) is 0 Å². The zero-order valence-corrected chi connectivity index (χ0v) is 17.6. The minimum Gasteiger partial charge on any atom is -0.444 e. The molecule has 6 nitrogen and oxygen atoms in total. The molecule has 0 aliphatic carbocycles. The van der Waals surface area contributed by atoms with Crippen molar-refractivity contribution >= 4 is 5.96 Å². The molecule has 1 aliphatic heterocycles. The van der Waals surface area contributed by atoms with E-state index >= 15 is 0 Å². The van der Waals surface area contributed by atoms with E-state index in [0.717, 1.165) is 36.4 Å². The number of oxazole rings is 1. The summed E-state index contributed by atoms with van der Waals surface area (Å²) in [6, 6.07) is 8.67. The summed E-state index contributed by atoms with van der Waals surface area (Å²) in [6.45, 7) is 10.9. The monoisotopic (exact) mass is 383 g/mol. The number of benzene rings is 1. The van der Waals surface area contributed by atoms with Gasteiger partial charge in [-0.2, -0.15) is 0 Å². The number of aliphatic imine (C=N–C) groups is 1. The molecule has 0 radical (unpaired) electrons. The Bertz CT molecular complexity index is 770. The molecule has 1 saturated heterocycles. The van der Waals surface area contributed by atoms with Crippen molar-refractivity contribution < 1.29 is 4.42 Å². The lowest BCUT2D eigenvalue weighted by Gasteiger charge is -2.30. The molecular weight excluding hydrogens is 350 g/mol. The van der Waals surface area contributed by atoms with Gasteiger partial charge < -0.3 is 15.1 Å². The molecule has 1 fully saturated rings. The minimum atomic E-state index is 0.516. The fraction of sp³-hybridized carbons (Fsp3) is 0.545. The second-order valence-corrected chi connectivity index (χ2v) is 7.76. The average molecular weight is 384 g/mol. The Morgan fingerprint density at radius 2 is 1.82 bits per heavy atom. The largest absolute Gasteiger partial charge is 0.444 e. The van der Waals surface area contributed by atoms with Crippen LogP contribution in [0.4, 0.5) is 0 Å². The maximum absolute atomic E-state index is 5.62. The van der Waals surface area contributed by atoms with E-state index in [9.17, 15) is 0 Å². The summed E-state index contributed by atoms with van der Waals surface area (Å²) in [4.78, 5) is 11.3. The van der Waals surface area contributed by atoms with Gasteiger partial charge in [0, 0.05) is 20.1 Å². The summed E-state index contributed by atoms with van der Waals surface area (Å²) in [5.74, 6) is 3.15. The topological polar surface area (TPSA) is 65.7 Å². The standard InChI is InChI=1S/C22H33N5O/c1-16-9-11-27(12-10-16)15-20-8-6-5-7-19(20)13-24-22(23-4)25-14-21-26-17(2)18(3)28-21/h5-8,16H,9-15H2,1-4H3,(H2,23,24,25). The number of guanidine groups is 1. The molecule has 0 saturated carbocycles. The first-order valence-electron chi connectivity index (χ1n) is 10.2. The van der Waals surface area contributed by atoms with Gasteiger partial charge >= 0.3 is 0 Å². The van der Waals surface area contributed by atoms with Gasteiger partial charge in [0.25, 0.3) is 0 Å². The number of likely N-dealkylation sites (tertiary alicyclic amines) is 1. The highest BCUT2D eigenvalue weighted by molar-refractivity contribution is 5.79. The van der Waals surface area contributed by atoms with Crippen LogP contribution in [-0.4, -0.2) is 36.0 Å². The van der Waals surface area contributed by atoms with E-state index in [1.807, 2.05) is 13.8 Å². The van der Waals surface area contributed by atoms with E-state index in [1.54, 1.807) is 7.05 Å². The van der Waals surface area contributed by atoms with Gasteiger partial charge in [0.15, 0.2) is 5.96 Å². The lowest BCUT2D eigenvalue weighted by atomic mass is 9.98. The summed E-state index contributed by atoms with van der Waals surface area (Å²) in [5, 5.41) is 6.69. The van der Waals surface area contributed by atoms with E-state index in [4.69, 9.17) is 4.42 Å². The van der Waals surface area contributed by atoms with E-state index in [2.05, 4.69) is 56.7 Å². The van der Waals surface area contributed by atoms with Crippen LogP contribution in [0.3, 0.4) is 0 Å². The van der Waals surface area contributed by atoms with Crippen molar-refractivity contribution in [2.75, 3.05) is 20.1 Å². The SMILES string of the molecule is CN=C(NCc1nc(C)c(C)o1)NCc1ccccc1CN1CCC(C)CC1. The van der Waals surface area contributed by atoms with Crippen LogP contribution in [0, 0.1) is 19.8 Å². The van der Waals surface area contributed by atoms with E-state index < -0.39 is 0 Å². The predicted octanol–water partition coefficient (Wildman–Crippen LogP) is 3.39. The molecule has 0 atom stereocenters. The van der Waals surface area contributed by atoms with Crippen molar-refractivity contribution in [3.05, 3.63) is 52.7 Å². The first-order valence-corrected chi connectivity index (χ1v) is 10.2. The fourth-order valence-electron chi connectivity index (χ4n) is 3.52. The number of aromatic nitrogens is 1. The second kappa shape index (κ2) is 9.73. The minimum absolute atomic E-state index is 0.516. The predicted molar refractivity (Wildman–Crippen MR) is 113 cm³/mol. The number of rotatable bonds is 6. The molecule has 0 unspecified atom stereocenters. The Balaban J connectivity index is 1.54. The van der Waals surface area contributed by atoms with Gasteiger partial charge in [0.2, 0.25) is 5.89 Å². The van der Waals surface area contributed by atoms with Gasteiger partial charge in [0.05, 0.1) is 12.2 Å². The van der Waals surface area contributed by atoms with E-state index in [0.29, 0.717) is 12.4 Å². The molecule has 2 heterocycles. The molecule has 3 rings (SSSR count). The Morgan fingerprint density at radius 3 is 2.46 bits per heavy atom. The zero-order valence-electron chi connectivity index (χ0n) is 17.6. The maximum atomic E-state index is 5.62. The first kappa shape index (κ1) is 20.4. The van der Waals surface area contributed by atoms with Gasteiger partial charge in [-0.3, -0.25) is 9.89 Å². The molecule has 1 aromatic heterocycles. The van der Waals surface area contributed by atoms with Gasteiger partial charge in [-0.1, -0.05) is 31.2 Å². The first-order chi connectivity index (χ1) is 13.5. The molecule has 2 N–H and O–H groups in total. The molecule has 28 heavy (non-hydrogen) atoms. The molecule has 2 aromatic rings. The van der Waals surface area contributed by atoms with E-state index in [1.165, 1.54) is 37.1 Å². The van der Waals surface area contributed by atoms with Crippen LogP contribution in [0.1, 0.15) is 48.2 Å². The summed E-state index contributed by atoms with van der Waals surface area (Å²) in [7, 11) is 1.78. The van der Waals surface area contributed by atoms with Gasteiger partial charge in [0.1, 0.15) is 5.76 Å². The van der Waals surface area contributed by atoms with Gasteiger partial charge in [-0.05, 0) is 56.8 Å². The van der Waals surface area contributed by atoms with Crippen LogP contribution in [-0.2, 0) is 19.6 Å². The number of nitrogens with zero attached hydrogens (tertiary/aromatic N) is 3. The van der Waals surface area contributed by atoms with Crippen LogP contribution >= 0.6 is 0 Å². The number of piperidine rings is 1. The van der Waals surface area contributed by atoms with Crippen molar-refractivity contribution in [3.63, 3.8) is 0 Å². The lowest BCUT2D eigenvalue weighted by Crippen LogP contribution is -2.37. The molecular formula is C22H33N5O. The summed E-state index contributed by atoms with van der Waals surface area (Å²) in [6.07, 6.45) is 2.60. The molecule has 152 valence electrons. The van der Waals surface area contributed by atoms with Crippen molar-refractivity contribution in [3.8, 4) is 0 Å². The van der Waals surface area contributed by atoms with Crippen LogP contribution in [0.2, 0.25) is 0 Å². The smallest absolute Gasteiger partial charge is 0.214 e. The molecule has 1 aliphatic rings. The van der Waals surface area contributed by atoms with Crippen LogP contribution < -0.4 is 10.6 Å². The Morgan fingerprint density at radius 1 is 1.14 bits per heavy atom. The van der Waals surface area contributed by atoms with Gasteiger partial charge in [-0.25, -0.2) is 4.98 Å². The van der Waals surface area contributed by atoms with Crippen LogP contribution in [0.15, 0.2) is 33.7 Å². The summed E-state index contributed by atoms with van der Waals surface area (Å²) < 4.78 is 5.62. The quantitative estimate of drug-likeness (QED) is 0.591. The fourth-order valence-corrected chi connectivity index (χ4v) is 3.52. The third kappa shape index (κ3) is 5.58. The number of hydrogen-bond acceptors (Lipinski definition) is 4. The molecule has 0 bridgehead atoms. The Kier molecular flexibility index (Phi) is 7.09. The lowest BCUT2D eigenvalue weighted by molar-refractivity contribution is 0.185. The molecule has 6 heteroatoms. The summed E-state index contributed by atoms with van der Waals surface area (Å²) >= 11 is 0. The van der Waals surface area contributed by atoms with Crippen molar-refractivity contribution in [1.82, 2.24) is 20.5 Å². The van der Waals surface area contributed by atoms with Crippen molar-refractivity contribution in [2.45, 2.75) is 53.2 Å². The third-order valence-electron chi connectivity index (χ3n) is 5.54.